The van der Waals surface area contributed by atoms with E-state index >= 15 is 0 Å². The molecule has 6 heteroatoms. The summed E-state index contributed by atoms with van der Waals surface area (Å²) < 4.78 is 1.63. The van der Waals surface area contributed by atoms with E-state index in [1.54, 1.807) is 22.7 Å². The summed E-state index contributed by atoms with van der Waals surface area (Å²) in [4.78, 5) is 15.5. The summed E-state index contributed by atoms with van der Waals surface area (Å²) in [5.41, 5.74) is 0.913. The van der Waals surface area contributed by atoms with Gasteiger partial charge in [0.25, 0.3) is 5.56 Å². The molecule has 0 amide bonds. The van der Waals surface area contributed by atoms with E-state index in [1.807, 2.05) is 0 Å². The predicted octanol–water partition coefficient (Wildman–Crippen LogP) is 1.22. The van der Waals surface area contributed by atoms with Crippen molar-refractivity contribution in [3.63, 3.8) is 0 Å². The number of aromatic amines is 1. The predicted molar refractivity (Wildman–Crippen MR) is 56.1 cm³/mol. The molecule has 5 nitrogen and oxygen atoms in total. The lowest BCUT2D eigenvalue weighted by Gasteiger charge is -1.99. The number of hydrogen-bond donors (Lipinski definition) is 1. The van der Waals surface area contributed by atoms with Crippen LogP contribution in [0.15, 0.2) is 29.2 Å². The molecule has 0 aliphatic carbocycles. The Bertz CT molecular complexity index is 715. The van der Waals surface area contributed by atoms with Crippen LogP contribution >= 0.6 is 11.6 Å². The van der Waals surface area contributed by atoms with Crippen LogP contribution in [0.4, 0.5) is 0 Å². The van der Waals surface area contributed by atoms with E-state index in [2.05, 4.69) is 15.3 Å². The van der Waals surface area contributed by atoms with Gasteiger partial charge in [-0.25, -0.2) is 9.73 Å². The number of fused-ring (bicyclic) bond motifs is 3. The molecule has 0 bridgehead atoms. The molecule has 3 aromatic rings. The normalized spacial score (nSPS) is 11.3. The molecule has 3 rings (SSSR count). The van der Waals surface area contributed by atoms with Gasteiger partial charge in [0.2, 0.25) is 0 Å². The number of halogens is 1. The fourth-order valence-corrected chi connectivity index (χ4v) is 1.72. The zero-order chi connectivity index (χ0) is 10.4. The van der Waals surface area contributed by atoms with Crippen molar-refractivity contribution in [1.82, 2.24) is 19.8 Å². The number of aromatic nitrogens is 4. The Morgan fingerprint density at radius 3 is 3.13 bits per heavy atom. The molecule has 0 saturated heterocycles. The van der Waals surface area contributed by atoms with E-state index in [4.69, 9.17) is 11.6 Å². The van der Waals surface area contributed by atoms with Crippen LogP contribution in [0.1, 0.15) is 0 Å². The number of H-pyrrole nitrogens is 1. The van der Waals surface area contributed by atoms with E-state index in [0.29, 0.717) is 21.6 Å². The van der Waals surface area contributed by atoms with Crippen LogP contribution in [-0.2, 0) is 0 Å². The van der Waals surface area contributed by atoms with E-state index in [-0.39, 0.29) is 5.56 Å². The van der Waals surface area contributed by atoms with Gasteiger partial charge in [-0.2, -0.15) is 10.1 Å². The van der Waals surface area contributed by atoms with Gasteiger partial charge in [-0.1, -0.05) is 11.6 Å². The molecular formula is C9H5ClN4O. The molecule has 1 N–H and O–H groups in total. The summed E-state index contributed by atoms with van der Waals surface area (Å²) >= 11 is 5.81. The first-order valence-electron chi connectivity index (χ1n) is 4.27. The lowest BCUT2D eigenvalue weighted by Crippen LogP contribution is -2.09. The maximum Gasteiger partial charge on any atom is 0.281 e. The Labute approximate surface area is 88.3 Å². The van der Waals surface area contributed by atoms with Crippen LogP contribution in [0.2, 0.25) is 5.02 Å². The summed E-state index contributed by atoms with van der Waals surface area (Å²) in [6.07, 6.45) is 1.50. The van der Waals surface area contributed by atoms with Crippen molar-refractivity contribution in [3.05, 3.63) is 39.8 Å². The third-order valence-corrected chi connectivity index (χ3v) is 2.45. The van der Waals surface area contributed by atoms with Gasteiger partial charge >= 0.3 is 0 Å². The van der Waals surface area contributed by atoms with Crippen molar-refractivity contribution >= 4 is 28.2 Å². The smallest absolute Gasteiger partial charge is 0.267 e. The van der Waals surface area contributed by atoms with E-state index in [0.717, 1.165) is 0 Å². The molecule has 0 unspecified atom stereocenters. The fraction of sp³-hybridized carbons (Fsp3) is 0. The first kappa shape index (κ1) is 8.43. The molecule has 15 heavy (non-hydrogen) atoms. The van der Waals surface area contributed by atoms with Crippen molar-refractivity contribution in [2.75, 3.05) is 0 Å². The molecule has 2 aromatic heterocycles. The second-order valence-electron chi connectivity index (χ2n) is 3.13. The zero-order valence-electron chi connectivity index (χ0n) is 7.44. The highest BCUT2D eigenvalue weighted by molar-refractivity contribution is 6.31. The highest BCUT2D eigenvalue weighted by Gasteiger charge is 2.06. The standard InChI is InChI=1S/C9H5ClN4O/c10-5-1-2-7-6(3-5)9(15)12-8-4-11-13-14(7)8/h1-4,13H. The first-order chi connectivity index (χ1) is 7.25. The monoisotopic (exact) mass is 220 g/mol. The first-order valence-corrected chi connectivity index (χ1v) is 4.65. The van der Waals surface area contributed by atoms with Crippen LogP contribution in [0.25, 0.3) is 16.6 Å². The molecule has 0 aliphatic heterocycles. The van der Waals surface area contributed by atoms with E-state index < -0.39 is 0 Å². The quantitative estimate of drug-likeness (QED) is 0.620. The maximum absolute atomic E-state index is 11.6. The third kappa shape index (κ3) is 1.13. The summed E-state index contributed by atoms with van der Waals surface area (Å²) in [6.45, 7) is 0. The molecule has 74 valence electrons. The second kappa shape index (κ2) is 2.80. The molecule has 0 spiro atoms. The molecule has 1 aromatic carbocycles. The van der Waals surface area contributed by atoms with Gasteiger partial charge in [-0.15, -0.1) is 0 Å². The van der Waals surface area contributed by atoms with Crippen molar-refractivity contribution < 1.29 is 0 Å². The lowest BCUT2D eigenvalue weighted by molar-refractivity contribution is 0.873. The summed E-state index contributed by atoms with van der Waals surface area (Å²) in [5.74, 6) is 0. The Kier molecular flexibility index (Phi) is 1.58. The highest BCUT2D eigenvalue weighted by atomic mass is 35.5. The Balaban J connectivity index is 2.67. The van der Waals surface area contributed by atoms with Crippen molar-refractivity contribution in [2.24, 2.45) is 0 Å². The SMILES string of the molecule is O=c1nc2cn[nH]n2c2ccc(Cl)cc12. The average Bonchev–Trinajstić information content (AvgIpc) is 2.66. The Morgan fingerprint density at radius 1 is 1.40 bits per heavy atom. The van der Waals surface area contributed by atoms with Crippen molar-refractivity contribution in [1.29, 1.82) is 0 Å². The van der Waals surface area contributed by atoms with Crippen LogP contribution < -0.4 is 5.56 Å². The van der Waals surface area contributed by atoms with Gasteiger partial charge in [-0.05, 0) is 18.2 Å². The molecule has 0 fully saturated rings. The zero-order valence-corrected chi connectivity index (χ0v) is 8.19. The number of rotatable bonds is 0. The number of nitrogens with zero attached hydrogens (tertiary/aromatic N) is 3. The van der Waals surface area contributed by atoms with Crippen molar-refractivity contribution in [2.45, 2.75) is 0 Å². The summed E-state index contributed by atoms with van der Waals surface area (Å²) in [5, 5.41) is 7.54. The number of hydrogen-bond acceptors (Lipinski definition) is 3. The molecule has 0 atom stereocenters. The van der Waals surface area contributed by atoms with Gasteiger partial charge in [0.15, 0.2) is 5.65 Å². The van der Waals surface area contributed by atoms with Crippen LogP contribution in [0.5, 0.6) is 0 Å². The summed E-state index contributed by atoms with van der Waals surface area (Å²) in [7, 11) is 0. The van der Waals surface area contributed by atoms with Crippen LogP contribution in [-0.4, -0.2) is 19.8 Å². The minimum Gasteiger partial charge on any atom is -0.267 e. The molecule has 0 radical (unpaired) electrons. The van der Waals surface area contributed by atoms with Gasteiger partial charge in [-0.3, -0.25) is 4.79 Å². The highest BCUT2D eigenvalue weighted by Crippen LogP contribution is 2.15. The topological polar surface area (TPSA) is 63.0 Å². The minimum atomic E-state index is -0.297. The molecule has 0 saturated carbocycles. The molecular weight excluding hydrogens is 216 g/mol. The van der Waals surface area contributed by atoms with E-state index in [1.165, 1.54) is 6.20 Å². The number of benzene rings is 1. The maximum atomic E-state index is 11.6. The Hall–Kier alpha value is -1.88. The molecule has 0 aliphatic rings. The van der Waals surface area contributed by atoms with Crippen molar-refractivity contribution in [3.8, 4) is 0 Å². The second-order valence-corrected chi connectivity index (χ2v) is 3.57. The average molecular weight is 221 g/mol. The largest absolute Gasteiger partial charge is 0.281 e. The third-order valence-electron chi connectivity index (χ3n) is 2.21. The van der Waals surface area contributed by atoms with Crippen LogP contribution in [0, 0.1) is 0 Å². The van der Waals surface area contributed by atoms with Crippen LogP contribution in [0.3, 0.4) is 0 Å². The Morgan fingerprint density at radius 2 is 2.27 bits per heavy atom. The van der Waals surface area contributed by atoms with Gasteiger partial charge in [0, 0.05) is 5.02 Å². The molecule has 2 heterocycles. The van der Waals surface area contributed by atoms with Gasteiger partial charge in [0.05, 0.1) is 17.1 Å². The van der Waals surface area contributed by atoms with E-state index in [9.17, 15) is 4.79 Å². The number of nitrogens with one attached hydrogen (secondary N) is 1. The van der Waals surface area contributed by atoms with Gasteiger partial charge < -0.3 is 0 Å². The van der Waals surface area contributed by atoms with Gasteiger partial charge in [0.1, 0.15) is 0 Å². The minimum absolute atomic E-state index is 0.297. The summed E-state index contributed by atoms with van der Waals surface area (Å²) in [6, 6.07) is 5.07. The fourth-order valence-electron chi connectivity index (χ4n) is 1.55. The lowest BCUT2D eigenvalue weighted by atomic mass is 10.2.